The minimum absolute atomic E-state index is 1.16. The summed E-state index contributed by atoms with van der Waals surface area (Å²) in [7, 11) is 28.9. The van der Waals surface area contributed by atoms with E-state index in [1.807, 2.05) is 33.3 Å². The molecule has 7 rings (SSSR count). The smallest absolute Gasteiger partial charge is 0.143 e. The molecule has 0 fully saturated rings. The van der Waals surface area contributed by atoms with Crippen molar-refractivity contribution in [1.82, 2.24) is 0 Å². The zero-order chi connectivity index (χ0) is 44.9. The SMILES string of the molecule is CN(C)c1ccc(C(=C2SSC([C+](c3ccc(N(C)C)cc3)c3ccc(N(C)C)cc3)=C([C+](c3ccc(N(C)C)cc3)c3ccc(N(C)C)cc3)S2)c2ccc(N(C)C)cc2)cc1. The Kier molecular flexibility index (Phi) is 14.3. The fourth-order valence-electron chi connectivity index (χ4n) is 7.50. The van der Waals surface area contributed by atoms with Crippen molar-refractivity contribution >= 4 is 73.0 Å². The van der Waals surface area contributed by atoms with Gasteiger partial charge in [-0.2, -0.15) is 0 Å². The van der Waals surface area contributed by atoms with Crippen LogP contribution in [0, 0.1) is 11.8 Å². The van der Waals surface area contributed by atoms with E-state index in [2.05, 4.69) is 260 Å². The standard InChI is InChI=1S/C54H60N6S3/c1-55(2)43-25-13-37(14-26-43)49(38-15-27-44(28-16-38)56(3)4)52-53(50(39-17-29-45(30-18-39)57(5)6)40-19-31-46(32-20-40)58(7)8)62-63-54(61-52)51(41-21-33-47(34-22-41)59(9)10)42-23-35-48(36-24-42)60(11)12/h13-36H,1-12H3/q+2. The summed E-state index contributed by atoms with van der Waals surface area (Å²) >= 11 is 1.90. The molecule has 0 radical (unpaired) electrons. The maximum Gasteiger partial charge on any atom is 0.143 e. The van der Waals surface area contributed by atoms with Gasteiger partial charge in [0.25, 0.3) is 0 Å². The van der Waals surface area contributed by atoms with Crippen LogP contribution in [0.4, 0.5) is 34.1 Å². The molecule has 0 aromatic heterocycles. The number of hydrogen-bond acceptors (Lipinski definition) is 9. The van der Waals surface area contributed by atoms with Crippen molar-refractivity contribution in [3.8, 4) is 0 Å². The number of allylic oxidation sites excluding steroid dienone is 2. The van der Waals surface area contributed by atoms with Gasteiger partial charge in [-0.05, 0) is 166 Å². The van der Waals surface area contributed by atoms with E-state index in [1.54, 1.807) is 0 Å². The van der Waals surface area contributed by atoms with Gasteiger partial charge in [0.2, 0.25) is 0 Å². The lowest BCUT2D eigenvalue weighted by molar-refractivity contribution is 1.12. The summed E-state index contributed by atoms with van der Waals surface area (Å²) in [4.78, 5) is 15.4. The Hall–Kier alpha value is -5.61. The average Bonchev–Trinajstić information content (AvgIpc) is 3.28. The molecule has 0 bridgehead atoms. The summed E-state index contributed by atoms with van der Waals surface area (Å²) in [5, 5.41) is 0. The first-order valence-electron chi connectivity index (χ1n) is 21.1. The largest absolute Gasteiger partial charge is 0.378 e. The van der Waals surface area contributed by atoms with Gasteiger partial charge in [-0.1, -0.05) is 24.3 Å². The third-order valence-electron chi connectivity index (χ3n) is 11.3. The fourth-order valence-corrected chi connectivity index (χ4v) is 12.2. The predicted octanol–water partition coefficient (Wildman–Crippen LogP) is 12.5. The van der Waals surface area contributed by atoms with Crippen LogP contribution in [0.15, 0.2) is 160 Å². The molecule has 0 N–H and O–H groups in total. The fraction of sp³-hybridized carbons (Fsp3) is 0.222. The quantitative estimate of drug-likeness (QED) is 0.0780. The maximum absolute atomic E-state index is 2.30. The summed E-state index contributed by atoms with van der Waals surface area (Å²) in [6.07, 6.45) is 0. The lowest BCUT2D eigenvalue weighted by Crippen LogP contribution is -2.15. The number of benzene rings is 6. The van der Waals surface area contributed by atoms with E-state index >= 15 is 0 Å². The van der Waals surface area contributed by atoms with Crippen molar-refractivity contribution in [2.45, 2.75) is 0 Å². The van der Waals surface area contributed by atoms with Crippen molar-refractivity contribution in [3.05, 3.63) is 205 Å². The monoisotopic (exact) mass is 888 g/mol. The van der Waals surface area contributed by atoms with E-state index in [9.17, 15) is 0 Å². The Labute approximate surface area is 389 Å². The lowest BCUT2D eigenvalue weighted by atomic mass is 9.85. The Morgan fingerprint density at radius 1 is 0.302 bits per heavy atom. The highest BCUT2D eigenvalue weighted by molar-refractivity contribution is 8.82. The van der Waals surface area contributed by atoms with Crippen molar-refractivity contribution in [3.63, 3.8) is 0 Å². The first-order valence-corrected chi connectivity index (χ1v) is 24.1. The number of anilines is 6. The van der Waals surface area contributed by atoms with Crippen LogP contribution < -0.4 is 29.4 Å². The molecule has 6 nitrogen and oxygen atoms in total. The second-order valence-corrected chi connectivity index (χ2v) is 20.4. The minimum Gasteiger partial charge on any atom is -0.378 e. The third-order valence-corrected chi connectivity index (χ3v) is 15.5. The predicted molar refractivity (Wildman–Crippen MR) is 283 cm³/mol. The van der Waals surface area contributed by atoms with Crippen LogP contribution in [0.25, 0.3) is 5.57 Å². The van der Waals surface area contributed by atoms with Gasteiger partial charge in [-0.3, -0.25) is 0 Å². The van der Waals surface area contributed by atoms with Crippen LogP contribution in [-0.2, 0) is 0 Å². The maximum atomic E-state index is 2.30. The third kappa shape index (κ3) is 10.3. The van der Waals surface area contributed by atoms with Crippen molar-refractivity contribution in [1.29, 1.82) is 0 Å². The van der Waals surface area contributed by atoms with E-state index in [0.717, 1.165) is 11.4 Å². The summed E-state index contributed by atoms with van der Waals surface area (Å²) in [5.74, 6) is 2.41. The number of thioether (sulfide) groups is 1. The van der Waals surface area contributed by atoms with Crippen LogP contribution in [0.3, 0.4) is 0 Å². The molecule has 1 aliphatic rings. The molecule has 0 saturated heterocycles. The Bertz CT molecular complexity index is 2350. The van der Waals surface area contributed by atoms with Crippen molar-refractivity contribution < 1.29 is 0 Å². The summed E-state index contributed by atoms with van der Waals surface area (Å²) in [6, 6.07) is 54.3. The van der Waals surface area contributed by atoms with Gasteiger partial charge in [-0.25, -0.2) is 0 Å². The summed E-state index contributed by atoms with van der Waals surface area (Å²) in [6.45, 7) is 0. The molecule has 63 heavy (non-hydrogen) atoms. The molecule has 0 amide bonds. The first-order chi connectivity index (χ1) is 30.2. The normalized spacial score (nSPS) is 12.5. The van der Waals surface area contributed by atoms with Gasteiger partial charge in [0, 0.05) is 124 Å². The van der Waals surface area contributed by atoms with Crippen LogP contribution in [-0.4, -0.2) is 84.6 Å². The Balaban J connectivity index is 1.54. The molecule has 0 unspecified atom stereocenters. The second-order valence-electron chi connectivity index (χ2n) is 17.0. The van der Waals surface area contributed by atoms with Crippen LogP contribution in [0.2, 0.25) is 0 Å². The molecule has 0 aliphatic carbocycles. The Morgan fingerprint density at radius 2 is 0.540 bits per heavy atom. The average molecular weight is 889 g/mol. The molecule has 1 heterocycles. The van der Waals surface area contributed by atoms with Crippen molar-refractivity contribution in [2.24, 2.45) is 0 Å². The molecular formula is C54H60N6S3+2. The molecule has 6 aromatic rings. The minimum atomic E-state index is 1.16. The van der Waals surface area contributed by atoms with E-state index in [0.29, 0.717) is 0 Å². The van der Waals surface area contributed by atoms with E-state index in [-0.39, 0.29) is 0 Å². The molecule has 9 heteroatoms. The number of hydrogen-bond donors (Lipinski definition) is 0. The molecule has 1 aliphatic heterocycles. The van der Waals surface area contributed by atoms with Gasteiger partial charge in [0.1, 0.15) is 21.6 Å². The first kappa shape index (κ1) is 45.4. The highest BCUT2D eigenvalue weighted by Crippen LogP contribution is 2.63. The van der Waals surface area contributed by atoms with E-state index < -0.39 is 0 Å². The molecule has 6 aromatic carbocycles. The zero-order valence-electron chi connectivity index (χ0n) is 38.8. The van der Waals surface area contributed by atoms with Gasteiger partial charge in [0.05, 0.1) is 26.5 Å². The second kappa shape index (κ2) is 19.8. The molecule has 0 atom stereocenters. The topological polar surface area (TPSA) is 19.4 Å². The highest BCUT2D eigenvalue weighted by atomic mass is 33.1. The van der Waals surface area contributed by atoms with Crippen molar-refractivity contribution in [2.75, 3.05) is 114 Å². The van der Waals surface area contributed by atoms with Gasteiger partial charge in [-0.15, -0.1) is 0 Å². The molecule has 0 saturated carbocycles. The van der Waals surface area contributed by atoms with Crippen LogP contribution in [0.5, 0.6) is 0 Å². The van der Waals surface area contributed by atoms with E-state index in [4.69, 9.17) is 0 Å². The number of rotatable bonds is 14. The molecular weight excluding hydrogens is 829 g/mol. The van der Waals surface area contributed by atoms with Gasteiger partial charge < -0.3 is 29.4 Å². The van der Waals surface area contributed by atoms with Gasteiger partial charge >= 0.3 is 0 Å². The Morgan fingerprint density at radius 3 is 0.794 bits per heavy atom. The molecule has 322 valence electrons. The van der Waals surface area contributed by atoms with Crippen LogP contribution >= 0.6 is 33.3 Å². The lowest BCUT2D eigenvalue weighted by Gasteiger charge is -2.27. The highest BCUT2D eigenvalue weighted by Gasteiger charge is 2.42. The van der Waals surface area contributed by atoms with Gasteiger partial charge in [0.15, 0.2) is 0 Å². The summed E-state index contributed by atoms with van der Waals surface area (Å²) < 4.78 is 1.24. The van der Waals surface area contributed by atoms with E-state index in [1.165, 1.54) is 87.6 Å². The molecule has 0 spiro atoms. The number of nitrogens with zero attached hydrogens (tertiary/aromatic N) is 6. The zero-order valence-corrected chi connectivity index (χ0v) is 41.2. The van der Waals surface area contributed by atoms with Crippen LogP contribution in [0.1, 0.15) is 33.4 Å². The summed E-state index contributed by atoms with van der Waals surface area (Å²) in [5.41, 5.74) is 15.3.